The van der Waals surface area contributed by atoms with Crippen LogP contribution in [-0.2, 0) is 0 Å². The number of hydrogen-bond acceptors (Lipinski definition) is 1. The summed E-state index contributed by atoms with van der Waals surface area (Å²) in [4.78, 5) is 1.89. The molecule has 1 nitrogen and oxygen atoms in total. The predicted octanol–water partition coefficient (Wildman–Crippen LogP) is 8.73. The summed E-state index contributed by atoms with van der Waals surface area (Å²) in [5, 5.41) is 0. The third-order valence-electron chi connectivity index (χ3n) is 5.45. The fraction of sp³-hybridized carbons (Fsp3) is 0. The molecule has 0 unspecified atom stereocenters. The highest BCUT2D eigenvalue weighted by molar-refractivity contribution is 5.82. The summed E-state index contributed by atoms with van der Waals surface area (Å²) in [5.74, 6) is -0.620. The van der Waals surface area contributed by atoms with Crippen molar-refractivity contribution < 1.29 is 8.78 Å². The fourth-order valence-corrected chi connectivity index (χ4v) is 3.60. The molecule has 0 aliphatic rings. The normalized spacial score (nSPS) is 11.0. The Labute approximate surface area is 205 Å². The van der Waals surface area contributed by atoms with Gasteiger partial charge in [0.05, 0.1) is 0 Å². The van der Waals surface area contributed by atoms with Crippen molar-refractivity contribution in [2.75, 3.05) is 4.90 Å². The minimum atomic E-state index is -0.310. The molecule has 0 heterocycles. The molecule has 0 amide bonds. The SMILES string of the molecule is C=CN(C=C(c1ccc(F)cc1)c1ccc(F)cc1)c1ccc(/C=C\C=C\c2ccccc2)cc1. The van der Waals surface area contributed by atoms with Gasteiger partial charge in [-0.15, -0.1) is 0 Å². The average Bonchev–Trinajstić information content (AvgIpc) is 2.90. The van der Waals surface area contributed by atoms with E-state index in [1.165, 1.54) is 24.3 Å². The Morgan fingerprint density at radius 3 is 1.57 bits per heavy atom. The molecule has 0 fully saturated rings. The van der Waals surface area contributed by atoms with Crippen molar-refractivity contribution in [1.29, 1.82) is 0 Å². The maximum Gasteiger partial charge on any atom is 0.123 e. The third-order valence-corrected chi connectivity index (χ3v) is 5.45. The number of halogens is 2. The molecule has 172 valence electrons. The predicted molar refractivity (Wildman–Crippen MR) is 144 cm³/mol. The molecule has 0 N–H and O–H groups in total. The fourth-order valence-electron chi connectivity index (χ4n) is 3.60. The van der Waals surface area contributed by atoms with Gasteiger partial charge in [0, 0.05) is 23.7 Å². The van der Waals surface area contributed by atoms with Crippen LogP contribution in [0.3, 0.4) is 0 Å². The van der Waals surface area contributed by atoms with Crippen LogP contribution in [0.4, 0.5) is 14.5 Å². The van der Waals surface area contributed by atoms with Crippen molar-refractivity contribution in [1.82, 2.24) is 0 Å². The topological polar surface area (TPSA) is 3.24 Å². The van der Waals surface area contributed by atoms with Gasteiger partial charge in [0.15, 0.2) is 0 Å². The maximum atomic E-state index is 13.5. The van der Waals surface area contributed by atoms with Crippen molar-refractivity contribution in [3.8, 4) is 0 Å². The van der Waals surface area contributed by atoms with Gasteiger partial charge in [0.1, 0.15) is 11.6 Å². The first-order valence-electron chi connectivity index (χ1n) is 11.3. The molecule has 0 atom stereocenters. The highest BCUT2D eigenvalue weighted by atomic mass is 19.1. The molecule has 0 saturated heterocycles. The Hall–Kier alpha value is -4.50. The number of rotatable bonds is 8. The van der Waals surface area contributed by atoms with Gasteiger partial charge in [0.25, 0.3) is 0 Å². The van der Waals surface area contributed by atoms with Gasteiger partial charge in [-0.1, -0.05) is 97.6 Å². The number of allylic oxidation sites excluding steroid dienone is 2. The van der Waals surface area contributed by atoms with Crippen LogP contribution in [-0.4, -0.2) is 0 Å². The van der Waals surface area contributed by atoms with E-state index in [9.17, 15) is 8.78 Å². The van der Waals surface area contributed by atoms with Crippen LogP contribution in [0.5, 0.6) is 0 Å². The lowest BCUT2D eigenvalue weighted by Crippen LogP contribution is -2.08. The van der Waals surface area contributed by atoms with E-state index in [0.29, 0.717) is 0 Å². The lowest BCUT2D eigenvalue weighted by Gasteiger charge is -2.19. The number of anilines is 1. The Kier molecular flexibility index (Phi) is 7.82. The van der Waals surface area contributed by atoms with E-state index in [1.807, 2.05) is 71.8 Å². The molecule has 0 aromatic heterocycles. The lowest BCUT2D eigenvalue weighted by atomic mass is 9.98. The molecular formula is C32H25F2N. The minimum Gasteiger partial charge on any atom is -0.324 e. The van der Waals surface area contributed by atoms with Gasteiger partial charge in [-0.05, 0) is 58.7 Å². The Morgan fingerprint density at radius 2 is 1.09 bits per heavy atom. The second-order valence-electron chi connectivity index (χ2n) is 7.87. The number of benzene rings is 4. The summed E-state index contributed by atoms with van der Waals surface area (Å²) in [6.07, 6.45) is 11.7. The Morgan fingerprint density at radius 1 is 0.600 bits per heavy atom. The molecule has 0 spiro atoms. The molecule has 0 bridgehead atoms. The molecule has 3 heteroatoms. The van der Waals surface area contributed by atoms with Crippen molar-refractivity contribution in [3.63, 3.8) is 0 Å². The van der Waals surface area contributed by atoms with E-state index in [2.05, 4.69) is 24.8 Å². The summed E-state index contributed by atoms with van der Waals surface area (Å²) >= 11 is 0. The van der Waals surface area contributed by atoms with Crippen molar-refractivity contribution >= 4 is 23.4 Å². The van der Waals surface area contributed by atoms with Crippen LogP contribution in [0.15, 0.2) is 134 Å². The molecule has 0 saturated carbocycles. The highest BCUT2D eigenvalue weighted by Crippen LogP contribution is 2.27. The quantitative estimate of drug-likeness (QED) is 0.237. The van der Waals surface area contributed by atoms with Gasteiger partial charge in [-0.2, -0.15) is 0 Å². The number of nitrogens with zero attached hydrogens (tertiary/aromatic N) is 1. The molecule has 4 aromatic carbocycles. The van der Waals surface area contributed by atoms with Gasteiger partial charge in [-0.3, -0.25) is 0 Å². The van der Waals surface area contributed by atoms with Gasteiger partial charge in [-0.25, -0.2) is 8.78 Å². The van der Waals surface area contributed by atoms with Crippen LogP contribution >= 0.6 is 0 Å². The number of hydrogen-bond donors (Lipinski definition) is 0. The van der Waals surface area contributed by atoms with Crippen molar-refractivity contribution in [3.05, 3.63) is 168 Å². The zero-order valence-electron chi connectivity index (χ0n) is 19.2. The third kappa shape index (κ3) is 6.52. The smallest absolute Gasteiger partial charge is 0.123 e. The van der Waals surface area contributed by atoms with E-state index in [-0.39, 0.29) is 11.6 Å². The molecule has 0 radical (unpaired) electrons. The molecule has 35 heavy (non-hydrogen) atoms. The van der Waals surface area contributed by atoms with E-state index >= 15 is 0 Å². The van der Waals surface area contributed by atoms with Crippen molar-refractivity contribution in [2.24, 2.45) is 0 Å². The second-order valence-corrected chi connectivity index (χ2v) is 7.87. The molecule has 4 rings (SSSR count). The Balaban J connectivity index is 1.58. The van der Waals surface area contributed by atoms with E-state index < -0.39 is 0 Å². The zero-order valence-corrected chi connectivity index (χ0v) is 19.2. The van der Waals surface area contributed by atoms with E-state index in [4.69, 9.17) is 0 Å². The summed E-state index contributed by atoms with van der Waals surface area (Å²) in [5.41, 5.74) is 5.58. The first kappa shape index (κ1) is 23.7. The first-order chi connectivity index (χ1) is 17.1. The summed E-state index contributed by atoms with van der Waals surface area (Å²) < 4.78 is 27.1. The molecular weight excluding hydrogens is 436 g/mol. The second kappa shape index (κ2) is 11.6. The van der Waals surface area contributed by atoms with E-state index in [0.717, 1.165) is 33.5 Å². The zero-order chi connectivity index (χ0) is 24.5. The highest BCUT2D eigenvalue weighted by Gasteiger charge is 2.09. The summed E-state index contributed by atoms with van der Waals surface area (Å²) in [7, 11) is 0. The average molecular weight is 462 g/mol. The first-order valence-corrected chi connectivity index (χ1v) is 11.3. The van der Waals surface area contributed by atoms with Crippen LogP contribution < -0.4 is 4.90 Å². The van der Waals surface area contributed by atoms with Crippen LogP contribution in [0, 0.1) is 11.6 Å². The van der Waals surface area contributed by atoms with Gasteiger partial charge >= 0.3 is 0 Å². The lowest BCUT2D eigenvalue weighted by molar-refractivity contribution is 0.627. The monoisotopic (exact) mass is 461 g/mol. The van der Waals surface area contributed by atoms with Gasteiger partial charge in [0.2, 0.25) is 0 Å². The minimum absolute atomic E-state index is 0.310. The summed E-state index contributed by atoms with van der Waals surface area (Å²) in [6.45, 7) is 3.96. The van der Waals surface area contributed by atoms with Gasteiger partial charge < -0.3 is 4.90 Å². The standard InChI is InChI=1S/C32H25F2N/c1-2-35(24-32(27-14-18-29(33)19-15-27)28-16-20-30(34)21-17-28)31-22-12-26(13-23-31)11-7-6-10-25-8-4-3-5-9-25/h2-24H,1H2/b10-6+,11-7-. The molecule has 0 aliphatic carbocycles. The van der Waals surface area contributed by atoms with Crippen LogP contribution in [0.2, 0.25) is 0 Å². The maximum absolute atomic E-state index is 13.5. The van der Waals surface area contributed by atoms with Crippen LogP contribution in [0.1, 0.15) is 22.3 Å². The largest absolute Gasteiger partial charge is 0.324 e. The molecule has 0 aliphatic heterocycles. The molecule has 4 aromatic rings. The van der Waals surface area contributed by atoms with Crippen LogP contribution in [0.25, 0.3) is 17.7 Å². The Bertz CT molecular complexity index is 1280. The van der Waals surface area contributed by atoms with Crippen molar-refractivity contribution in [2.45, 2.75) is 0 Å². The summed E-state index contributed by atoms with van der Waals surface area (Å²) in [6, 6.07) is 30.7. The van der Waals surface area contributed by atoms with E-state index in [1.54, 1.807) is 30.5 Å².